The first-order chi connectivity index (χ1) is 11.9. The zero-order valence-electron chi connectivity index (χ0n) is 14.6. The van der Waals surface area contributed by atoms with Crippen molar-refractivity contribution in [3.8, 4) is 0 Å². The summed E-state index contributed by atoms with van der Waals surface area (Å²) in [6.45, 7) is 1.91. The highest BCUT2D eigenvalue weighted by atomic mass is 16.4. The molecule has 6 nitrogen and oxygen atoms in total. The first-order valence-corrected chi connectivity index (χ1v) is 9.01. The molecule has 0 aromatic carbocycles. The minimum Gasteiger partial charge on any atom is -0.479 e. The number of furan rings is 1. The van der Waals surface area contributed by atoms with Crippen LogP contribution in [-0.2, 0) is 17.6 Å². The van der Waals surface area contributed by atoms with E-state index >= 15 is 0 Å². The number of hydrogen-bond donors (Lipinski definition) is 3. The van der Waals surface area contributed by atoms with E-state index in [9.17, 15) is 15.0 Å². The van der Waals surface area contributed by atoms with Crippen molar-refractivity contribution in [1.82, 2.24) is 4.98 Å². The zero-order valence-corrected chi connectivity index (χ0v) is 14.6. The number of nitrogens with two attached hydrogens (primary N) is 1. The molecule has 1 saturated carbocycles. The topological polar surface area (TPSA) is 110 Å². The molecule has 6 heteroatoms. The Labute approximate surface area is 147 Å². The SMILES string of the molecule is CCC[C@H](N)[C@](O)(Cc1nccc2oc(CCC3CC3)cc12)C(=O)O. The predicted molar refractivity (Wildman–Crippen MR) is 94.2 cm³/mol. The van der Waals surface area contributed by atoms with Crippen molar-refractivity contribution in [1.29, 1.82) is 0 Å². The molecule has 2 heterocycles. The number of carbonyl (C=O) groups is 1. The second-order valence-electron chi connectivity index (χ2n) is 7.17. The van der Waals surface area contributed by atoms with Crippen molar-refractivity contribution < 1.29 is 19.4 Å². The van der Waals surface area contributed by atoms with Gasteiger partial charge in [0.25, 0.3) is 0 Å². The third kappa shape index (κ3) is 3.85. The summed E-state index contributed by atoms with van der Waals surface area (Å²) in [5.74, 6) is 0.382. The first kappa shape index (κ1) is 17.9. The van der Waals surface area contributed by atoms with E-state index in [1.165, 1.54) is 12.8 Å². The molecule has 0 unspecified atom stereocenters. The molecular weight excluding hydrogens is 320 g/mol. The van der Waals surface area contributed by atoms with E-state index in [1.807, 2.05) is 13.0 Å². The summed E-state index contributed by atoms with van der Waals surface area (Å²) in [7, 11) is 0. The van der Waals surface area contributed by atoms with E-state index in [0.717, 1.165) is 29.9 Å². The lowest BCUT2D eigenvalue weighted by molar-refractivity contribution is -0.161. The van der Waals surface area contributed by atoms with Crippen LogP contribution in [0.5, 0.6) is 0 Å². The highest BCUT2D eigenvalue weighted by molar-refractivity contribution is 5.83. The molecular formula is C19H26N2O4. The van der Waals surface area contributed by atoms with Crippen molar-refractivity contribution in [2.45, 2.75) is 63.5 Å². The Bertz CT molecular complexity index is 753. The van der Waals surface area contributed by atoms with Crippen LogP contribution in [0.1, 0.15) is 50.5 Å². The van der Waals surface area contributed by atoms with Gasteiger partial charge in [0.2, 0.25) is 0 Å². The highest BCUT2D eigenvalue weighted by Crippen LogP contribution is 2.34. The summed E-state index contributed by atoms with van der Waals surface area (Å²) in [5, 5.41) is 21.0. The zero-order chi connectivity index (χ0) is 18.0. The van der Waals surface area contributed by atoms with Gasteiger partial charge in [0.05, 0.1) is 5.69 Å². The molecule has 25 heavy (non-hydrogen) atoms. The molecule has 0 bridgehead atoms. The molecule has 1 aliphatic rings. The standard InChI is InChI=1S/C19H26N2O4/c1-2-3-17(20)19(24,18(22)23)11-15-14-10-13(7-6-12-4-5-12)25-16(14)8-9-21-15/h8-10,12,17,24H,2-7,11,20H2,1H3,(H,22,23)/t17-,19+/m0/s1. The number of aryl methyl sites for hydroxylation is 1. The average molecular weight is 346 g/mol. The molecule has 1 fully saturated rings. The maximum atomic E-state index is 11.7. The van der Waals surface area contributed by atoms with Gasteiger partial charge in [0.1, 0.15) is 11.3 Å². The fraction of sp³-hybridized carbons (Fsp3) is 0.579. The molecule has 2 aromatic rings. The summed E-state index contributed by atoms with van der Waals surface area (Å²) in [4.78, 5) is 16.0. The lowest BCUT2D eigenvalue weighted by atomic mass is 9.86. The second kappa shape index (κ2) is 7.14. The molecule has 0 saturated heterocycles. The molecule has 0 radical (unpaired) electrons. The Balaban J connectivity index is 1.86. The van der Waals surface area contributed by atoms with Gasteiger partial charge < -0.3 is 20.4 Å². The van der Waals surface area contributed by atoms with Gasteiger partial charge >= 0.3 is 5.97 Å². The van der Waals surface area contributed by atoms with Crippen LogP contribution in [0, 0.1) is 5.92 Å². The number of carboxylic acids is 1. The third-order valence-electron chi connectivity index (χ3n) is 5.10. The number of fused-ring (bicyclic) bond motifs is 1. The van der Waals surface area contributed by atoms with Crippen molar-refractivity contribution in [2.24, 2.45) is 11.7 Å². The molecule has 1 aliphatic carbocycles. The van der Waals surface area contributed by atoms with E-state index in [0.29, 0.717) is 24.1 Å². The molecule has 0 amide bonds. The molecule has 0 spiro atoms. The minimum absolute atomic E-state index is 0.136. The van der Waals surface area contributed by atoms with E-state index in [2.05, 4.69) is 4.98 Å². The number of carboxylic acid groups (broad SMARTS) is 1. The number of aliphatic carboxylic acids is 1. The van der Waals surface area contributed by atoms with Crippen molar-refractivity contribution >= 4 is 16.9 Å². The van der Waals surface area contributed by atoms with E-state index in [1.54, 1.807) is 12.3 Å². The maximum absolute atomic E-state index is 11.7. The average Bonchev–Trinajstić information content (AvgIpc) is 3.31. The van der Waals surface area contributed by atoms with Crippen LogP contribution >= 0.6 is 0 Å². The number of rotatable bonds is 9. The molecule has 3 rings (SSSR count). The number of hydrogen-bond acceptors (Lipinski definition) is 5. The third-order valence-corrected chi connectivity index (χ3v) is 5.10. The highest BCUT2D eigenvalue weighted by Gasteiger charge is 2.43. The lowest BCUT2D eigenvalue weighted by Gasteiger charge is -2.29. The Morgan fingerprint density at radius 1 is 1.52 bits per heavy atom. The van der Waals surface area contributed by atoms with Crippen LogP contribution in [0.2, 0.25) is 0 Å². The quantitative estimate of drug-likeness (QED) is 0.644. The molecule has 136 valence electrons. The summed E-state index contributed by atoms with van der Waals surface area (Å²) in [6, 6.07) is 2.84. The summed E-state index contributed by atoms with van der Waals surface area (Å²) < 4.78 is 5.87. The Morgan fingerprint density at radius 2 is 2.28 bits per heavy atom. The smallest absolute Gasteiger partial charge is 0.337 e. The molecule has 2 aromatic heterocycles. The number of aromatic nitrogens is 1. The monoisotopic (exact) mass is 346 g/mol. The largest absolute Gasteiger partial charge is 0.479 e. The van der Waals surface area contributed by atoms with Crippen LogP contribution in [-0.4, -0.2) is 32.8 Å². The van der Waals surface area contributed by atoms with E-state index < -0.39 is 17.6 Å². The lowest BCUT2D eigenvalue weighted by Crippen LogP contribution is -2.55. The summed E-state index contributed by atoms with van der Waals surface area (Å²) >= 11 is 0. The summed E-state index contributed by atoms with van der Waals surface area (Å²) in [5.41, 5.74) is 5.11. The number of nitrogens with zero attached hydrogens (tertiary/aromatic N) is 1. The fourth-order valence-corrected chi connectivity index (χ4v) is 3.26. The Kier molecular flexibility index (Phi) is 5.11. The Morgan fingerprint density at radius 3 is 2.92 bits per heavy atom. The maximum Gasteiger partial charge on any atom is 0.337 e. The molecule has 0 aliphatic heterocycles. The summed E-state index contributed by atoms with van der Waals surface area (Å²) in [6.07, 6.45) is 7.16. The van der Waals surface area contributed by atoms with Crippen LogP contribution in [0.15, 0.2) is 22.7 Å². The van der Waals surface area contributed by atoms with Crippen LogP contribution in [0.4, 0.5) is 0 Å². The minimum atomic E-state index is -2.04. The van der Waals surface area contributed by atoms with Crippen molar-refractivity contribution in [3.63, 3.8) is 0 Å². The van der Waals surface area contributed by atoms with Crippen molar-refractivity contribution in [3.05, 3.63) is 29.8 Å². The molecule has 2 atom stereocenters. The number of aliphatic hydroxyl groups is 1. The van der Waals surface area contributed by atoms with Crippen LogP contribution in [0.25, 0.3) is 11.0 Å². The van der Waals surface area contributed by atoms with Gasteiger partial charge in [-0.05, 0) is 30.9 Å². The van der Waals surface area contributed by atoms with E-state index in [4.69, 9.17) is 10.2 Å². The van der Waals surface area contributed by atoms with Gasteiger partial charge in [-0.25, -0.2) is 4.79 Å². The van der Waals surface area contributed by atoms with E-state index in [-0.39, 0.29) is 6.42 Å². The Hall–Kier alpha value is -1.92. The number of pyridine rings is 1. The van der Waals surface area contributed by atoms with Gasteiger partial charge in [-0.2, -0.15) is 0 Å². The van der Waals surface area contributed by atoms with Gasteiger partial charge in [0.15, 0.2) is 5.60 Å². The second-order valence-corrected chi connectivity index (χ2v) is 7.17. The van der Waals surface area contributed by atoms with Crippen molar-refractivity contribution in [2.75, 3.05) is 0 Å². The van der Waals surface area contributed by atoms with Crippen LogP contribution in [0.3, 0.4) is 0 Å². The normalized spacial score (nSPS) is 18.2. The fourth-order valence-electron chi connectivity index (χ4n) is 3.26. The first-order valence-electron chi connectivity index (χ1n) is 9.01. The van der Waals surface area contributed by atoms with Crippen LogP contribution < -0.4 is 5.73 Å². The van der Waals surface area contributed by atoms with Gasteiger partial charge in [0, 0.05) is 30.5 Å². The van der Waals surface area contributed by atoms with Gasteiger partial charge in [-0.15, -0.1) is 0 Å². The molecule has 4 N–H and O–H groups in total. The predicted octanol–water partition coefficient (Wildman–Crippen LogP) is 2.66. The van der Waals surface area contributed by atoms with Gasteiger partial charge in [-0.1, -0.05) is 26.2 Å². The van der Waals surface area contributed by atoms with Gasteiger partial charge in [-0.3, -0.25) is 4.98 Å².